The largest absolute Gasteiger partial charge is 1.00 e. The molecule has 7 heteroatoms. The first-order valence-corrected chi connectivity index (χ1v) is 6.23. The second-order valence-electron chi connectivity index (χ2n) is 2.78. The molecule has 0 aromatic rings. The van der Waals surface area contributed by atoms with Crippen molar-refractivity contribution in [3.8, 4) is 0 Å². The number of rotatable bonds is 8. The van der Waals surface area contributed by atoms with Gasteiger partial charge in [0.25, 0.3) is 0 Å². The molecule has 0 saturated carbocycles. The maximum absolute atomic E-state index is 11.0. The van der Waals surface area contributed by atoms with Gasteiger partial charge in [0.05, 0.1) is 13.2 Å². The molecule has 0 heterocycles. The zero-order valence-electron chi connectivity index (χ0n) is 12.4. The molecule has 0 fully saturated rings. The Morgan fingerprint density at radius 2 is 1.73 bits per heavy atom. The van der Waals surface area contributed by atoms with Gasteiger partial charge in [-0.1, -0.05) is 26.2 Å². The van der Waals surface area contributed by atoms with Crippen LogP contribution in [0.2, 0.25) is 0 Å². The molecule has 0 rings (SSSR count). The zero-order valence-corrected chi connectivity index (χ0v) is 15.3. The molecule has 15 heavy (non-hydrogen) atoms. The van der Waals surface area contributed by atoms with E-state index in [-0.39, 0.29) is 68.6 Å². The minimum Gasteiger partial charge on any atom is -1.00 e. The summed E-state index contributed by atoms with van der Waals surface area (Å²) in [6.07, 6.45) is 4.12. The van der Waals surface area contributed by atoms with Crippen molar-refractivity contribution in [3.05, 3.63) is 0 Å². The summed E-state index contributed by atoms with van der Waals surface area (Å²) in [7, 11) is -3.74. The first kappa shape index (κ1) is 22.3. The van der Waals surface area contributed by atoms with Crippen molar-refractivity contribution in [2.24, 2.45) is 0 Å². The predicted octanol–water partition coefficient (Wildman–Crippen LogP) is -3.05. The zero-order chi connectivity index (χ0) is 10.2. The number of phosphoric ester groups is 1. The molecule has 1 atom stereocenters. The van der Waals surface area contributed by atoms with Gasteiger partial charge in [-0.3, -0.25) is 9.05 Å². The van der Waals surface area contributed by atoms with E-state index in [2.05, 4.69) is 11.4 Å². The molecule has 0 radical (unpaired) electrons. The monoisotopic (exact) mass is 258 g/mol. The predicted molar refractivity (Wildman–Crippen MR) is 53.8 cm³/mol. The van der Waals surface area contributed by atoms with E-state index >= 15 is 0 Å². The third-order valence-corrected chi connectivity index (χ3v) is 2.64. The molecule has 0 aromatic heterocycles. The van der Waals surface area contributed by atoms with Crippen LogP contribution in [0.5, 0.6) is 0 Å². The normalized spacial score (nSPS) is 13.5. The molecular formula is C8H21Na2O4P. The van der Waals surface area contributed by atoms with Gasteiger partial charge in [-0.05, 0) is 13.3 Å². The average Bonchev–Trinajstić information content (AvgIpc) is 2.04. The Kier molecular flexibility index (Phi) is 21.1. The molecular weight excluding hydrogens is 237 g/mol. The summed E-state index contributed by atoms with van der Waals surface area (Å²) in [5, 5.41) is 0. The van der Waals surface area contributed by atoms with Crippen LogP contribution in [0.4, 0.5) is 0 Å². The van der Waals surface area contributed by atoms with Gasteiger partial charge in [0, 0.05) is 0 Å². The second kappa shape index (κ2) is 14.2. The van der Waals surface area contributed by atoms with Crippen molar-refractivity contribution in [2.45, 2.75) is 39.5 Å². The molecule has 84 valence electrons. The third-order valence-electron chi connectivity index (χ3n) is 1.54. The Labute approximate surface area is 140 Å². The molecule has 0 bridgehead atoms. The number of unbranched alkanes of at least 4 members (excludes halogenated alkanes) is 3. The molecule has 1 N–H and O–H groups in total. The maximum atomic E-state index is 11.0. The quantitative estimate of drug-likeness (QED) is 0.285. The van der Waals surface area contributed by atoms with Crippen LogP contribution in [0.1, 0.15) is 42.4 Å². The number of hydrogen-bond acceptors (Lipinski definition) is 3. The Morgan fingerprint density at radius 3 is 2.20 bits per heavy atom. The fourth-order valence-electron chi connectivity index (χ4n) is 0.909. The Balaban J connectivity index is -0.000000120. The van der Waals surface area contributed by atoms with Crippen LogP contribution < -0.4 is 59.1 Å². The van der Waals surface area contributed by atoms with Gasteiger partial charge >= 0.3 is 66.9 Å². The van der Waals surface area contributed by atoms with Crippen molar-refractivity contribution >= 4 is 7.82 Å². The topological polar surface area (TPSA) is 55.8 Å². The average molecular weight is 258 g/mol. The van der Waals surface area contributed by atoms with Gasteiger partial charge in [0.2, 0.25) is 0 Å². The van der Waals surface area contributed by atoms with Gasteiger partial charge in [0.15, 0.2) is 0 Å². The molecule has 1 unspecified atom stereocenters. The summed E-state index contributed by atoms with van der Waals surface area (Å²) in [6, 6.07) is 0. The van der Waals surface area contributed by atoms with Gasteiger partial charge in [-0.25, -0.2) is 4.57 Å². The first-order chi connectivity index (χ1) is 6.12. The molecule has 4 nitrogen and oxygen atoms in total. The Morgan fingerprint density at radius 1 is 1.13 bits per heavy atom. The van der Waals surface area contributed by atoms with Crippen LogP contribution in [0, 0.1) is 0 Å². The van der Waals surface area contributed by atoms with Crippen LogP contribution >= 0.6 is 7.82 Å². The van der Waals surface area contributed by atoms with Gasteiger partial charge < -0.3 is 7.75 Å². The van der Waals surface area contributed by atoms with E-state index in [1.54, 1.807) is 6.92 Å². The van der Waals surface area contributed by atoms with Crippen LogP contribution in [-0.4, -0.2) is 18.1 Å². The van der Waals surface area contributed by atoms with Crippen molar-refractivity contribution in [1.29, 1.82) is 0 Å². The molecule has 0 amide bonds. The van der Waals surface area contributed by atoms with Crippen LogP contribution in [0.25, 0.3) is 0 Å². The second-order valence-corrected chi connectivity index (χ2v) is 4.23. The SMILES string of the molecule is CCCCCCOP(=O)(O)OCC.[H-].[H-].[Na+].[Na+]. The van der Waals surface area contributed by atoms with Crippen molar-refractivity contribution in [1.82, 2.24) is 0 Å². The molecule has 0 aliphatic heterocycles. The van der Waals surface area contributed by atoms with E-state index in [9.17, 15) is 4.57 Å². The van der Waals surface area contributed by atoms with Crippen LogP contribution in [0.15, 0.2) is 0 Å². The van der Waals surface area contributed by atoms with Crippen molar-refractivity contribution in [3.63, 3.8) is 0 Å². The maximum Gasteiger partial charge on any atom is 1.00 e. The third kappa shape index (κ3) is 16.1. The Hall–Kier alpha value is 2.11. The van der Waals surface area contributed by atoms with E-state index < -0.39 is 7.82 Å². The summed E-state index contributed by atoms with van der Waals surface area (Å²) in [6.45, 7) is 4.26. The minimum absolute atomic E-state index is 0. The molecule has 0 aliphatic carbocycles. The van der Waals surface area contributed by atoms with Crippen LogP contribution in [0.3, 0.4) is 0 Å². The minimum atomic E-state index is -3.74. The van der Waals surface area contributed by atoms with Gasteiger partial charge in [0.1, 0.15) is 0 Å². The molecule has 0 aliphatic rings. The Bertz CT molecular complexity index is 178. The van der Waals surface area contributed by atoms with Gasteiger partial charge in [-0.15, -0.1) is 0 Å². The summed E-state index contributed by atoms with van der Waals surface area (Å²) in [4.78, 5) is 8.98. The van der Waals surface area contributed by atoms with Crippen molar-refractivity contribution in [2.75, 3.05) is 13.2 Å². The number of phosphoric acid groups is 1. The van der Waals surface area contributed by atoms with Gasteiger partial charge in [-0.2, -0.15) is 0 Å². The van der Waals surface area contributed by atoms with E-state index in [1.165, 1.54) is 0 Å². The molecule has 0 aromatic carbocycles. The van der Waals surface area contributed by atoms with E-state index in [1.807, 2.05) is 0 Å². The summed E-state index contributed by atoms with van der Waals surface area (Å²) in [5.74, 6) is 0. The van der Waals surface area contributed by atoms with Crippen molar-refractivity contribution < 1.29 is 80.5 Å². The molecule has 0 spiro atoms. The van der Waals surface area contributed by atoms with E-state index in [4.69, 9.17) is 9.42 Å². The summed E-state index contributed by atoms with van der Waals surface area (Å²) < 4.78 is 20.2. The fourth-order valence-corrected chi connectivity index (χ4v) is 1.67. The summed E-state index contributed by atoms with van der Waals surface area (Å²) >= 11 is 0. The summed E-state index contributed by atoms with van der Waals surface area (Å²) in [5.41, 5.74) is 0. The standard InChI is InChI=1S/C8H19O4P.2Na.2H/c1-3-5-6-7-8-12-13(9,10)11-4-2;;;;/h3-8H2,1-2H3,(H,9,10);;;;/q;2*+1;2*-1. The number of hydrogen-bond donors (Lipinski definition) is 1. The smallest absolute Gasteiger partial charge is 1.00 e. The molecule has 0 saturated heterocycles. The first-order valence-electron chi connectivity index (χ1n) is 4.74. The van der Waals surface area contributed by atoms with Crippen LogP contribution in [-0.2, 0) is 13.6 Å². The van der Waals surface area contributed by atoms with E-state index in [0.29, 0.717) is 6.61 Å². The fraction of sp³-hybridized carbons (Fsp3) is 1.00. The van der Waals surface area contributed by atoms with E-state index in [0.717, 1.165) is 25.7 Å².